The first-order chi connectivity index (χ1) is 9.60. The highest BCUT2D eigenvalue weighted by molar-refractivity contribution is 6.30. The summed E-state index contributed by atoms with van der Waals surface area (Å²) in [6.07, 6.45) is 0. The molecule has 126 valence electrons. The Balaban J connectivity index is 0.00000220. The molecule has 1 amide bonds. The van der Waals surface area contributed by atoms with Gasteiger partial charge >= 0.3 is 0 Å². The van der Waals surface area contributed by atoms with Crippen molar-refractivity contribution in [2.75, 3.05) is 32.7 Å². The lowest BCUT2D eigenvalue weighted by atomic mass is 10.1. The summed E-state index contributed by atoms with van der Waals surface area (Å²) in [6.45, 7) is 6.55. The minimum absolute atomic E-state index is 0. The summed E-state index contributed by atoms with van der Waals surface area (Å²) in [5.74, 6) is 0.101. The van der Waals surface area contributed by atoms with Crippen molar-refractivity contribution >= 4 is 42.3 Å². The van der Waals surface area contributed by atoms with E-state index in [1.165, 1.54) is 5.56 Å². The van der Waals surface area contributed by atoms with Gasteiger partial charge in [-0.1, -0.05) is 30.7 Å². The molecule has 1 aliphatic rings. The number of amides is 1. The Labute approximate surface area is 149 Å². The Morgan fingerprint density at radius 1 is 1.27 bits per heavy atom. The molecule has 4 nitrogen and oxygen atoms in total. The fraction of sp³-hybridized carbons (Fsp3) is 0.533. The van der Waals surface area contributed by atoms with Crippen LogP contribution in [0.2, 0.25) is 5.02 Å². The maximum absolute atomic E-state index is 12.0. The van der Waals surface area contributed by atoms with Crippen molar-refractivity contribution in [3.8, 4) is 0 Å². The Hall–Kier alpha value is -0.520. The van der Waals surface area contributed by atoms with Gasteiger partial charge in [0, 0.05) is 50.2 Å². The third-order valence-corrected chi connectivity index (χ3v) is 3.99. The Kier molecular flexibility index (Phi) is 10.0. The smallest absolute Gasteiger partial charge is 0.226 e. The number of piperazine rings is 1. The highest BCUT2D eigenvalue weighted by Gasteiger charge is 2.23. The van der Waals surface area contributed by atoms with Crippen molar-refractivity contribution < 1.29 is 4.79 Å². The zero-order valence-corrected chi connectivity index (χ0v) is 15.1. The van der Waals surface area contributed by atoms with Crippen molar-refractivity contribution in [3.63, 3.8) is 0 Å². The topological polar surface area (TPSA) is 49.6 Å². The Morgan fingerprint density at radius 2 is 1.91 bits per heavy atom. The number of rotatable bonds is 4. The molecule has 1 aromatic carbocycles. The van der Waals surface area contributed by atoms with E-state index >= 15 is 0 Å². The standard InChI is InChI=1S/C15H22ClN3O.2ClH/c1-12(10-17)15(20)19-7-5-18(6-8-19)11-13-3-2-4-14(16)9-13;;/h2-4,9,12H,5-8,10-11,17H2,1H3;2*1H. The third kappa shape index (κ3) is 5.94. The SMILES string of the molecule is CC(CN)C(=O)N1CCN(Cc2cccc(Cl)c2)CC1.Cl.Cl. The Bertz CT molecular complexity index is 465. The van der Waals surface area contributed by atoms with Gasteiger partial charge in [-0.25, -0.2) is 0 Å². The molecule has 1 atom stereocenters. The predicted molar refractivity (Wildman–Crippen MR) is 96.0 cm³/mol. The van der Waals surface area contributed by atoms with Crippen LogP contribution in [0.3, 0.4) is 0 Å². The van der Waals surface area contributed by atoms with E-state index in [4.69, 9.17) is 17.3 Å². The fourth-order valence-corrected chi connectivity index (χ4v) is 2.65. The van der Waals surface area contributed by atoms with Gasteiger partial charge in [0.15, 0.2) is 0 Å². The number of nitrogens with two attached hydrogens (primary N) is 1. The lowest BCUT2D eigenvalue weighted by Gasteiger charge is -2.35. The maximum Gasteiger partial charge on any atom is 0.226 e. The fourth-order valence-electron chi connectivity index (χ4n) is 2.43. The lowest BCUT2D eigenvalue weighted by Crippen LogP contribution is -2.50. The molecule has 0 aliphatic carbocycles. The van der Waals surface area contributed by atoms with Gasteiger partial charge in [-0.3, -0.25) is 9.69 Å². The maximum atomic E-state index is 12.0. The number of benzene rings is 1. The van der Waals surface area contributed by atoms with Crippen LogP contribution in [-0.4, -0.2) is 48.4 Å². The van der Waals surface area contributed by atoms with Crippen LogP contribution in [0.4, 0.5) is 0 Å². The normalized spacial score (nSPS) is 16.4. The van der Waals surface area contributed by atoms with Crippen LogP contribution < -0.4 is 5.73 Å². The molecule has 0 saturated carbocycles. The average Bonchev–Trinajstić information content (AvgIpc) is 2.46. The second-order valence-electron chi connectivity index (χ2n) is 5.37. The molecule has 1 fully saturated rings. The number of hydrogen-bond acceptors (Lipinski definition) is 3. The first kappa shape index (κ1) is 21.5. The summed E-state index contributed by atoms with van der Waals surface area (Å²) in [5.41, 5.74) is 6.77. The van der Waals surface area contributed by atoms with Crippen LogP contribution in [0, 0.1) is 5.92 Å². The first-order valence-electron chi connectivity index (χ1n) is 7.06. The Morgan fingerprint density at radius 3 is 2.45 bits per heavy atom. The number of carbonyl (C=O) groups is 1. The highest BCUT2D eigenvalue weighted by Crippen LogP contribution is 2.14. The van der Waals surface area contributed by atoms with Crippen LogP contribution >= 0.6 is 36.4 Å². The third-order valence-electron chi connectivity index (χ3n) is 3.75. The van der Waals surface area contributed by atoms with Crippen molar-refractivity contribution in [2.45, 2.75) is 13.5 Å². The molecule has 1 aliphatic heterocycles. The van der Waals surface area contributed by atoms with E-state index in [0.717, 1.165) is 37.7 Å². The van der Waals surface area contributed by atoms with Gasteiger partial charge in [-0.2, -0.15) is 0 Å². The zero-order chi connectivity index (χ0) is 14.5. The van der Waals surface area contributed by atoms with Gasteiger partial charge in [-0.05, 0) is 17.7 Å². The molecule has 1 unspecified atom stereocenters. The van der Waals surface area contributed by atoms with Crippen molar-refractivity contribution in [1.29, 1.82) is 0 Å². The molecule has 1 aromatic rings. The molecule has 0 radical (unpaired) electrons. The van der Waals surface area contributed by atoms with Gasteiger partial charge in [0.1, 0.15) is 0 Å². The van der Waals surface area contributed by atoms with Crippen LogP contribution in [-0.2, 0) is 11.3 Å². The average molecular weight is 369 g/mol. The van der Waals surface area contributed by atoms with Crippen molar-refractivity contribution in [2.24, 2.45) is 11.7 Å². The van der Waals surface area contributed by atoms with E-state index in [-0.39, 0.29) is 36.6 Å². The van der Waals surface area contributed by atoms with Gasteiger partial charge in [0.05, 0.1) is 0 Å². The van der Waals surface area contributed by atoms with Gasteiger partial charge in [0.25, 0.3) is 0 Å². The summed E-state index contributed by atoms with van der Waals surface area (Å²) in [6, 6.07) is 7.94. The quantitative estimate of drug-likeness (QED) is 0.888. The number of halogens is 3. The van der Waals surface area contributed by atoms with Crippen LogP contribution in [0.5, 0.6) is 0 Å². The first-order valence-corrected chi connectivity index (χ1v) is 7.43. The van der Waals surface area contributed by atoms with Crippen LogP contribution in [0.25, 0.3) is 0 Å². The monoisotopic (exact) mass is 367 g/mol. The molecule has 0 aromatic heterocycles. The molecule has 1 saturated heterocycles. The molecule has 7 heteroatoms. The van der Waals surface area contributed by atoms with Gasteiger partial charge in [-0.15, -0.1) is 24.8 Å². The highest BCUT2D eigenvalue weighted by atomic mass is 35.5. The summed E-state index contributed by atoms with van der Waals surface area (Å²) < 4.78 is 0. The summed E-state index contributed by atoms with van der Waals surface area (Å²) in [4.78, 5) is 16.3. The van der Waals surface area contributed by atoms with E-state index in [1.54, 1.807) is 0 Å². The molecule has 2 N–H and O–H groups in total. The van der Waals surface area contributed by atoms with E-state index < -0.39 is 0 Å². The van der Waals surface area contributed by atoms with Gasteiger partial charge in [0.2, 0.25) is 5.91 Å². The second-order valence-corrected chi connectivity index (χ2v) is 5.80. The van der Waals surface area contributed by atoms with Crippen molar-refractivity contribution in [1.82, 2.24) is 9.80 Å². The van der Waals surface area contributed by atoms with E-state index in [1.807, 2.05) is 30.0 Å². The van der Waals surface area contributed by atoms with E-state index in [0.29, 0.717) is 6.54 Å². The second kappa shape index (κ2) is 10.3. The molecule has 2 rings (SSSR count). The van der Waals surface area contributed by atoms with Crippen molar-refractivity contribution in [3.05, 3.63) is 34.9 Å². The molecule has 0 spiro atoms. The number of nitrogens with zero attached hydrogens (tertiary/aromatic N) is 2. The molecule has 0 bridgehead atoms. The lowest BCUT2D eigenvalue weighted by molar-refractivity contribution is -0.136. The minimum Gasteiger partial charge on any atom is -0.340 e. The van der Waals surface area contributed by atoms with E-state index in [2.05, 4.69) is 11.0 Å². The number of hydrogen-bond donors (Lipinski definition) is 1. The molecular formula is C15H24Cl3N3O. The summed E-state index contributed by atoms with van der Waals surface area (Å²) >= 11 is 5.99. The van der Waals surface area contributed by atoms with E-state index in [9.17, 15) is 4.79 Å². The largest absolute Gasteiger partial charge is 0.340 e. The molecular weight excluding hydrogens is 345 g/mol. The zero-order valence-electron chi connectivity index (χ0n) is 12.7. The van der Waals surface area contributed by atoms with Crippen LogP contribution in [0.1, 0.15) is 12.5 Å². The van der Waals surface area contributed by atoms with Gasteiger partial charge < -0.3 is 10.6 Å². The molecule has 22 heavy (non-hydrogen) atoms. The summed E-state index contributed by atoms with van der Waals surface area (Å²) in [5, 5.41) is 0.771. The van der Waals surface area contributed by atoms with Crippen LogP contribution in [0.15, 0.2) is 24.3 Å². The minimum atomic E-state index is -0.0746. The predicted octanol–water partition coefficient (Wildman–Crippen LogP) is 2.42. The molecule has 1 heterocycles. The number of carbonyl (C=O) groups excluding carboxylic acids is 1. The summed E-state index contributed by atoms with van der Waals surface area (Å²) in [7, 11) is 0.